The van der Waals surface area contributed by atoms with Crippen LogP contribution in [0.25, 0.3) is 43.1 Å². The van der Waals surface area contributed by atoms with Crippen molar-refractivity contribution in [2.75, 3.05) is 0 Å². The van der Waals surface area contributed by atoms with E-state index in [0.717, 1.165) is 0 Å². The molecule has 0 N–H and O–H groups in total. The van der Waals surface area contributed by atoms with Crippen molar-refractivity contribution >= 4 is 87.1 Å². The van der Waals surface area contributed by atoms with Gasteiger partial charge in [-0.25, -0.2) is 0 Å². The Morgan fingerprint density at radius 3 is 0.528 bits per heavy atom. The Kier molecular flexibility index (Phi) is 195. The molecule has 14 heteroatoms. The van der Waals surface area contributed by atoms with Gasteiger partial charge in [0, 0.05) is 147 Å². The van der Waals surface area contributed by atoms with E-state index in [1.165, 1.54) is 219 Å². The molecule has 0 heterocycles. The molecule has 0 aliphatic carbocycles. The summed E-state index contributed by atoms with van der Waals surface area (Å²) in [5.41, 5.74) is 20.3. The van der Waals surface area contributed by atoms with E-state index in [1.54, 1.807) is 0 Å². The van der Waals surface area contributed by atoms with Crippen LogP contribution in [-0.4, -0.2) is 44.0 Å². The monoisotopic (exact) mass is 2880 g/mol. The topological polar surface area (TPSA) is 119 Å². The van der Waals surface area contributed by atoms with Gasteiger partial charge in [-0.3, -0.25) is 44.0 Å². The minimum Gasteiger partial charge on any atom is -0.542 e. The molecular weight excluding hydrogens is 2710 g/mol. The fourth-order valence-electron chi connectivity index (χ4n) is 8.76. The first-order valence-electron chi connectivity index (χ1n) is 41.8. The minimum atomic E-state index is 0. The van der Waals surface area contributed by atoms with Crippen LogP contribution in [-0.2, 0) is 181 Å². The predicted octanol–water partition coefficient (Wildman–Crippen LogP) is 33.1. The summed E-state index contributed by atoms with van der Waals surface area (Å²) < 4.78 is 0. The zero-order valence-corrected chi connectivity index (χ0v) is 105. The Hall–Kier alpha value is -5.03. The molecule has 123 heavy (non-hydrogen) atoms. The van der Waals surface area contributed by atoms with E-state index in [0.29, 0.717) is 0 Å². The Bertz CT molecular complexity index is 3660. The van der Waals surface area contributed by atoms with Crippen molar-refractivity contribution < 1.29 is 181 Å². The van der Waals surface area contributed by atoms with E-state index in [9.17, 15) is 0 Å². The molecule has 0 unspecified atom stereocenters. The summed E-state index contributed by atoms with van der Waals surface area (Å²) in [6, 6.07) is 75.1. The maximum atomic E-state index is 8.68. The molecule has 7 nitrogen and oxygen atoms in total. The van der Waals surface area contributed by atoms with E-state index >= 15 is 0 Å². The van der Waals surface area contributed by atoms with Gasteiger partial charge in [0.2, 0.25) is 0 Å². The quantitative estimate of drug-likeness (QED) is 0.139. The number of fused-ring (bicyclic) bond motifs is 4. The zero-order chi connectivity index (χ0) is 94.0. The van der Waals surface area contributed by atoms with Crippen LogP contribution in [0.4, 0.5) is 0 Å². The van der Waals surface area contributed by atoms with Crippen LogP contribution in [0.1, 0.15) is 284 Å². The summed E-state index contributed by atoms with van der Waals surface area (Å²) in [4.78, 5) is 60.8. The molecule has 0 spiro atoms. The first-order chi connectivity index (χ1) is 55.8. The zero-order valence-electron chi connectivity index (χ0n) is 84.9. The molecule has 11 aromatic rings. The second-order valence-corrected chi connectivity index (χ2v) is 21.4. The van der Waals surface area contributed by atoms with Crippen molar-refractivity contribution in [1.29, 1.82) is 0 Å². The van der Waals surface area contributed by atoms with Gasteiger partial charge < -0.3 is 33.6 Å². The molecule has 0 aliphatic heterocycles. The van der Waals surface area contributed by atoms with Crippen LogP contribution >= 0.6 is 0 Å². The first-order valence-corrected chi connectivity index (χ1v) is 41.8. The van der Waals surface area contributed by atoms with Gasteiger partial charge in [0.1, 0.15) is 0 Å². The average Bonchev–Trinajstić information content (AvgIpc) is 0.818. The van der Waals surface area contributed by atoms with Gasteiger partial charge in [-0.2, -0.15) is 48.5 Å². The van der Waals surface area contributed by atoms with Crippen LogP contribution in [0, 0.1) is 104 Å². The van der Waals surface area contributed by atoms with E-state index in [1.807, 2.05) is 152 Å². The Morgan fingerprint density at radius 1 is 0.154 bits per heavy atom. The third-order valence-electron chi connectivity index (χ3n) is 13.4. The maximum absolute atomic E-state index is 8.68. The van der Waals surface area contributed by atoms with Gasteiger partial charge in [-0.15, -0.1) is 0 Å². The smallest absolute Gasteiger partial charge is 0 e. The molecule has 0 fully saturated rings. The summed E-state index contributed by atoms with van der Waals surface area (Å²) in [6.07, 6.45) is 10.5. The van der Waals surface area contributed by atoms with E-state index in [4.69, 9.17) is 33.6 Å². The molecule has 11 rings (SSSR count). The Labute approximate surface area is 859 Å². The molecule has 0 radical (unpaired) electrons. The van der Waals surface area contributed by atoms with Crippen molar-refractivity contribution in [2.45, 2.75) is 305 Å². The number of aryl methyl sites for hydroxylation is 15. The Morgan fingerprint density at radius 2 is 0.309 bits per heavy atom. The first kappa shape index (κ1) is 172. The van der Waals surface area contributed by atoms with Gasteiger partial charge >= 0.3 is 0 Å². The fraction of sp³-hybridized carbons (Fsp3) is 0.404. The molecule has 0 amide bonds. The third kappa shape index (κ3) is 102. The van der Waals surface area contributed by atoms with Crippen LogP contribution in [0.15, 0.2) is 212 Å². The van der Waals surface area contributed by atoms with Gasteiger partial charge in [0.05, 0.1) is 0 Å². The maximum Gasteiger partial charge on any atom is 0 e. The van der Waals surface area contributed by atoms with Crippen LogP contribution < -0.4 is 0 Å². The van der Waals surface area contributed by atoms with Crippen molar-refractivity contribution in [1.82, 2.24) is 0 Å². The molecular formula is C109H167O7W7-7. The largest absolute Gasteiger partial charge is 0.542 e. The summed E-state index contributed by atoms with van der Waals surface area (Å²) in [5.74, 6) is 0. The second-order valence-electron chi connectivity index (χ2n) is 21.4. The second kappa shape index (κ2) is 140. The molecule has 0 aliphatic rings. The third-order valence-corrected chi connectivity index (χ3v) is 13.4. The molecule has 0 bridgehead atoms. The van der Waals surface area contributed by atoms with E-state index in [-0.39, 0.29) is 147 Å². The molecule has 694 valence electrons. The fourth-order valence-corrected chi connectivity index (χ4v) is 8.76. The van der Waals surface area contributed by atoms with Crippen molar-refractivity contribution in [2.24, 2.45) is 0 Å². The van der Waals surface area contributed by atoms with E-state index < -0.39 is 0 Å². The summed E-state index contributed by atoms with van der Waals surface area (Å²) in [5, 5.41) is 11.0. The van der Waals surface area contributed by atoms with Crippen molar-refractivity contribution in [3.8, 4) is 0 Å². The molecule has 0 atom stereocenters. The number of benzene rings is 11. The van der Waals surface area contributed by atoms with Crippen molar-refractivity contribution in [3.63, 3.8) is 0 Å². The molecule has 0 saturated carbocycles. The van der Waals surface area contributed by atoms with Crippen molar-refractivity contribution in [3.05, 3.63) is 296 Å². The molecule has 0 saturated heterocycles. The van der Waals surface area contributed by atoms with Gasteiger partial charge in [-0.05, 0) is 197 Å². The SMILES string of the molecule is CC.CC.CC.CC.CC.CC.CC.CC.CC.CC.CC.C[C-]=O.C[C-]=O.C[C-]=O.C[C-]=O.C[C-]=O.C[C-]=O.C[C-]=O.Cc1ccc(C)c2c(C)cccc12.Cc1ccc(C)c2ccccc12.Cc1ccc(C)cc1.Cc1ccc2cc(C)ccc2c1.Cc1cccc(C)c1.Cc1cccc2c(C)cccc12.Cc1ccccc1C.[W].[W].[W].[W].[W].[W].[W]. The van der Waals surface area contributed by atoms with Gasteiger partial charge in [0.15, 0.2) is 0 Å². The summed E-state index contributed by atoms with van der Waals surface area (Å²) in [7, 11) is 0. The number of rotatable bonds is 0. The molecule has 11 aromatic carbocycles. The average molecular weight is 2880 g/mol. The number of hydrogen-bond donors (Lipinski definition) is 0. The standard InChI is InChI=1S/C13H14.3C12H12.3C8H10.7C2H3O.11C2H6.7W/c1-9-7-8-11(3)13-10(2)5-4-6-12(9)13;1-9-3-5-12-8-10(2)4-6-11(12)7-9;1-9-5-3-8-12-10(2)6-4-7-11(9)12;1-9-7-8-10(2)12-6-4-3-5-11(9)12;1-7-3-5-8(2)6-4-7;1-7-4-3-5-8(2)6-7;1-7-5-3-4-6-8(7)2;7*1-2-3;11*1-2;;;;;;;/h4-8H,1-3H3;3*3-8H,1-2H3;3*3-6H,1-2H3;7*1H3;11*1-2H3;;;;;;;/q;;;;;;;7*-1;;;;;;;;;;;;;;;;;;. The van der Waals surface area contributed by atoms with Gasteiger partial charge in [0.25, 0.3) is 0 Å². The summed E-state index contributed by atoms with van der Waals surface area (Å²) in [6.45, 7) is 85.3. The number of hydrogen-bond acceptors (Lipinski definition) is 7. The minimum absolute atomic E-state index is 0. The van der Waals surface area contributed by atoms with Crippen LogP contribution in [0.2, 0.25) is 0 Å². The summed E-state index contributed by atoms with van der Waals surface area (Å²) >= 11 is 0. The number of carbonyl (C=O) groups excluding carboxylic acids is 7. The van der Waals surface area contributed by atoms with Gasteiger partial charge in [-0.1, -0.05) is 398 Å². The normalized spacial score (nSPS) is 7.28. The predicted molar refractivity (Wildman–Crippen MR) is 531 cm³/mol. The Balaban J connectivity index is -0.0000000480. The van der Waals surface area contributed by atoms with Crippen LogP contribution in [0.3, 0.4) is 0 Å². The van der Waals surface area contributed by atoms with Crippen LogP contribution in [0.5, 0.6) is 0 Å². The molecule has 0 aromatic heterocycles. The van der Waals surface area contributed by atoms with E-state index in [2.05, 4.69) is 316 Å².